The molecule has 0 fully saturated rings. The number of unbranched alkanes of at least 4 members (excludes halogenated alkanes) is 18. The summed E-state index contributed by atoms with van der Waals surface area (Å²) in [6, 6.07) is -1.48. The van der Waals surface area contributed by atoms with Crippen molar-refractivity contribution in [2.45, 2.75) is 193 Å². The molecular weight excluding hydrogens is 741 g/mol. The fraction of sp³-hybridized carbons (Fsp3) is 0.739. The number of phosphoric ester groups is 1. The molecule has 0 aromatic carbocycles. The smallest absolute Gasteiger partial charge is 0.472 e. The van der Waals surface area contributed by atoms with E-state index in [2.05, 4.69) is 74.6 Å². The van der Waals surface area contributed by atoms with E-state index in [-0.39, 0.29) is 13.0 Å². The maximum absolute atomic E-state index is 12.6. The van der Waals surface area contributed by atoms with Crippen LogP contribution in [0, 0.1) is 0 Å². The summed E-state index contributed by atoms with van der Waals surface area (Å²) < 4.78 is 33.3. The number of carboxylic acids is 1. The van der Waals surface area contributed by atoms with E-state index in [0.29, 0.717) is 13.0 Å². The lowest BCUT2D eigenvalue weighted by Gasteiger charge is -2.20. The molecule has 0 rings (SSSR count). The van der Waals surface area contributed by atoms with Crippen LogP contribution in [0.25, 0.3) is 0 Å². The minimum absolute atomic E-state index is 0.000601. The number of carbonyl (C=O) groups excluding carboxylic acids is 1. The van der Waals surface area contributed by atoms with Crippen LogP contribution in [-0.2, 0) is 32.7 Å². The van der Waals surface area contributed by atoms with E-state index in [0.717, 1.165) is 64.2 Å². The molecule has 0 heterocycles. The lowest BCUT2D eigenvalue weighted by Crippen LogP contribution is -2.34. The van der Waals surface area contributed by atoms with Gasteiger partial charge in [-0.2, -0.15) is 0 Å². The third-order valence-electron chi connectivity index (χ3n) is 9.28. The monoisotopic (exact) mass is 824 g/mol. The highest BCUT2D eigenvalue weighted by Crippen LogP contribution is 2.43. The molecule has 0 saturated carbocycles. The highest BCUT2D eigenvalue weighted by atomic mass is 31.2. The summed E-state index contributed by atoms with van der Waals surface area (Å²) in [6.45, 7) is 3.70. The van der Waals surface area contributed by atoms with Crippen LogP contribution in [0.5, 0.6) is 0 Å². The summed E-state index contributed by atoms with van der Waals surface area (Å²) >= 11 is 0. The molecule has 10 nitrogen and oxygen atoms in total. The van der Waals surface area contributed by atoms with Gasteiger partial charge in [0.15, 0.2) is 0 Å². The third-order valence-corrected chi connectivity index (χ3v) is 10.2. The predicted octanol–water partition coefficient (Wildman–Crippen LogP) is 12.4. The Hall–Kier alpha value is -2.33. The molecule has 0 spiro atoms. The molecule has 0 amide bonds. The van der Waals surface area contributed by atoms with Crippen LogP contribution >= 0.6 is 7.82 Å². The van der Waals surface area contributed by atoms with Crippen molar-refractivity contribution in [1.82, 2.24) is 0 Å². The van der Waals surface area contributed by atoms with Gasteiger partial charge in [-0.1, -0.05) is 158 Å². The Kier molecular flexibility index (Phi) is 40.1. The van der Waals surface area contributed by atoms with Gasteiger partial charge in [0.05, 0.1) is 19.8 Å². The first kappa shape index (κ1) is 54.7. The van der Waals surface area contributed by atoms with Crippen LogP contribution in [0.15, 0.2) is 60.8 Å². The van der Waals surface area contributed by atoms with Crippen LogP contribution in [-0.4, -0.2) is 60.5 Å². The molecule has 0 aliphatic carbocycles. The Bertz CT molecular complexity index is 1140. The van der Waals surface area contributed by atoms with Crippen molar-refractivity contribution in [3.05, 3.63) is 60.8 Å². The second-order valence-corrected chi connectivity index (χ2v) is 16.2. The van der Waals surface area contributed by atoms with E-state index < -0.39 is 45.1 Å². The van der Waals surface area contributed by atoms with Crippen molar-refractivity contribution in [3.63, 3.8) is 0 Å². The zero-order chi connectivity index (χ0) is 41.9. The summed E-state index contributed by atoms with van der Waals surface area (Å²) in [5.41, 5.74) is 5.35. The Morgan fingerprint density at radius 2 is 1.02 bits per heavy atom. The van der Waals surface area contributed by atoms with E-state index in [9.17, 15) is 19.0 Å². The topological polar surface area (TPSA) is 155 Å². The van der Waals surface area contributed by atoms with Gasteiger partial charge in [-0.05, 0) is 77.0 Å². The number of phosphoric acid groups is 1. The predicted molar refractivity (Wildman–Crippen MR) is 235 cm³/mol. The minimum atomic E-state index is -4.63. The fourth-order valence-electron chi connectivity index (χ4n) is 5.82. The van der Waals surface area contributed by atoms with Crippen LogP contribution < -0.4 is 5.73 Å². The van der Waals surface area contributed by atoms with Crippen LogP contribution in [0.2, 0.25) is 0 Å². The fourth-order valence-corrected chi connectivity index (χ4v) is 6.60. The number of hydrogen-bond donors (Lipinski definition) is 3. The second-order valence-electron chi connectivity index (χ2n) is 14.8. The van der Waals surface area contributed by atoms with E-state index in [4.69, 9.17) is 29.4 Å². The molecule has 0 aliphatic heterocycles. The molecule has 0 saturated heterocycles. The van der Waals surface area contributed by atoms with Crippen LogP contribution in [0.4, 0.5) is 0 Å². The van der Waals surface area contributed by atoms with Gasteiger partial charge in [-0.15, -0.1) is 0 Å². The van der Waals surface area contributed by atoms with Crippen LogP contribution in [0.3, 0.4) is 0 Å². The Labute approximate surface area is 347 Å². The molecule has 0 aromatic rings. The van der Waals surface area contributed by atoms with Crippen LogP contribution in [0.1, 0.15) is 181 Å². The standard InChI is InChI=1S/C46H82NO9P/c1-3-5-7-9-11-13-15-17-18-19-20-21-22-23-24-25-27-29-31-33-35-37-39-53-40-43(41-54-57(51,52)55-42-44(47)46(49)50)56-45(48)38-36-34-32-30-28-26-16-14-12-10-8-6-4-2/h6,8,12,14-15,17,19-20,26,28,43-44H,3-5,7,9-11,13,16,18,21-25,27,29-42,47H2,1-2H3,(H,49,50)(H,51,52)/b8-6-,14-12-,17-15-,20-19-,28-26-. The number of ether oxygens (including phenoxy) is 2. The van der Waals surface area contributed by atoms with E-state index in [1.807, 2.05) is 0 Å². The van der Waals surface area contributed by atoms with Crippen molar-refractivity contribution in [3.8, 4) is 0 Å². The van der Waals surface area contributed by atoms with Crippen molar-refractivity contribution in [1.29, 1.82) is 0 Å². The quantitative estimate of drug-likeness (QED) is 0.0234. The van der Waals surface area contributed by atoms with Crippen molar-refractivity contribution in [2.24, 2.45) is 5.73 Å². The lowest BCUT2D eigenvalue weighted by atomic mass is 10.1. The Balaban J connectivity index is 4.20. The first-order valence-corrected chi connectivity index (χ1v) is 23.8. The zero-order valence-electron chi connectivity index (χ0n) is 35.9. The molecule has 0 radical (unpaired) electrons. The summed E-state index contributed by atoms with van der Waals surface area (Å²) in [7, 11) is -4.63. The van der Waals surface area contributed by atoms with Gasteiger partial charge in [0, 0.05) is 13.0 Å². The van der Waals surface area contributed by atoms with Gasteiger partial charge >= 0.3 is 19.8 Å². The molecule has 4 N–H and O–H groups in total. The normalized spacial score (nSPS) is 14.5. The zero-order valence-corrected chi connectivity index (χ0v) is 36.8. The average molecular weight is 824 g/mol. The first-order valence-electron chi connectivity index (χ1n) is 22.3. The second kappa shape index (κ2) is 41.8. The molecule has 0 aliphatic rings. The Morgan fingerprint density at radius 3 is 1.53 bits per heavy atom. The lowest BCUT2D eigenvalue weighted by molar-refractivity contribution is -0.154. The van der Waals surface area contributed by atoms with Gasteiger partial charge < -0.3 is 25.2 Å². The van der Waals surface area contributed by atoms with Gasteiger partial charge in [0.25, 0.3) is 0 Å². The maximum Gasteiger partial charge on any atom is 0.472 e. The third kappa shape index (κ3) is 41.6. The number of carbonyl (C=O) groups is 2. The average Bonchev–Trinajstić information content (AvgIpc) is 3.19. The number of hydrogen-bond acceptors (Lipinski definition) is 8. The highest BCUT2D eigenvalue weighted by Gasteiger charge is 2.27. The van der Waals surface area contributed by atoms with Gasteiger partial charge in [-0.3, -0.25) is 18.6 Å². The Morgan fingerprint density at radius 1 is 0.579 bits per heavy atom. The van der Waals surface area contributed by atoms with E-state index >= 15 is 0 Å². The van der Waals surface area contributed by atoms with Gasteiger partial charge in [0.2, 0.25) is 0 Å². The molecule has 0 aromatic heterocycles. The number of esters is 1. The van der Waals surface area contributed by atoms with Crippen molar-refractivity contribution in [2.75, 3.05) is 26.4 Å². The van der Waals surface area contributed by atoms with Gasteiger partial charge in [-0.25, -0.2) is 4.57 Å². The van der Waals surface area contributed by atoms with Crippen molar-refractivity contribution >= 4 is 19.8 Å². The summed E-state index contributed by atoms with van der Waals surface area (Å²) in [5.74, 6) is -1.81. The highest BCUT2D eigenvalue weighted by molar-refractivity contribution is 7.47. The molecular formula is C46H82NO9P. The molecule has 330 valence electrons. The number of carboxylic acid groups (broad SMARTS) is 1. The SMILES string of the molecule is CC/C=C\C/C=C\C/C=C\CCCCCC(=O)OC(COCCCCCCCCCCCC/C=C\C/C=C\CCCCCCC)COP(=O)(O)OCC(N)C(=O)O. The number of allylic oxidation sites excluding steroid dienone is 10. The maximum atomic E-state index is 12.6. The minimum Gasteiger partial charge on any atom is -0.480 e. The summed E-state index contributed by atoms with van der Waals surface area (Å²) in [4.78, 5) is 33.5. The molecule has 3 atom stereocenters. The molecule has 11 heteroatoms. The molecule has 0 bridgehead atoms. The molecule has 57 heavy (non-hydrogen) atoms. The van der Waals surface area contributed by atoms with Crippen molar-refractivity contribution < 1.29 is 42.7 Å². The first-order chi connectivity index (χ1) is 27.7. The number of rotatable bonds is 42. The largest absolute Gasteiger partial charge is 0.480 e. The van der Waals surface area contributed by atoms with E-state index in [1.54, 1.807) is 0 Å². The molecule has 3 unspecified atom stereocenters. The van der Waals surface area contributed by atoms with Gasteiger partial charge in [0.1, 0.15) is 12.1 Å². The van der Waals surface area contributed by atoms with E-state index in [1.165, 1.54) is 89.9 Å². The number of aliphatic carboxylic acids is 1. The number of nitrogens with two attached hydrogens (primary N) is 1. The summed E-state index contributed by atoms with van der Waals surface area (Å²) in [6.07, 6.45) is 50.0. The summed E-state index contributed by atoms with van der Waals surface area (Å²) in [5, 5.41) is 8.89.